The van der Waals surface area contributed by atoms with Gasteiger partial charge in [-0.15, -0.1) is 0 Å². The summed E-state index contributed by atoms with van der Waals surface area (Å²) in [7, 11) is 1.60. The van der Waals surface area contributed by atoms with Crippen LogP contribution >= 0.6 is 0 Å². The Morgan fingerprint density at radius 2 is 2.21 bits per heavy atom. The molecule has 0 saturated carbocycles. The SMILES string of the molecule is COc1cc(C)ccc1OCC(=O)N1CCCC[C@H]1c1ncc2c(n1)CCNC2. The van der Waals surface area contributed by atoms with Crippen LogP contribution in [0.4, 0.5) is 0 Å². The van der Waals surface area contributed by atoms with Gasteiger partial charge in [-0.2, -0.15) is 0 Å². The van der Waals surface area contributed by atoms with Crippen LogP contribution in [0, 0.1) is 6.92 Å². The summed E-state index contributed by atoms with van der Waals surface area (Å²) in [6, 6.07) is 5.61. The van der Waals surface area contributed by atoms with E-state index in [0.717, 1.165) is 61.4 Å². The third-order valence-corrected chi connectivity index (χ3v) is 5.62. The van der Waals surface area contributed by atoms with E-state index in [2.05, 4.69) is 10.3 Å². The highest BCUT2D eigenvalue weighted by molar-refractivity contribution is 5.78. The number of methoxy groups -OCH3 is 1. The number of fused-ring (bicyclic) bond motifs is 1. The molecule has 7 nitrogen and oxygen atoms in total. The lowest BCUT2D eigenvalue weighted by atomic mass is 10.0. The molecule has 2 aromatic rings. The number of carbonyl (C=O) groups is 1. The first-order valence-corrected chi connectivity index (χ1v) is 10.3. The van der Waals surface area contributed by atoms with Crippen molar-refractivity contribution in [2.45, 2.75) is 45.2 Å². The molecule has 2 aliphatic heterocycles. The minimum atomic E-state index is -0.0834. The molecule has 1 aromatic carbocycles. The summed E-state index contributed by atoms with van der Waals surface area (Å²) in [5.41, 5.74) is 3.34. The van der Waals surface area contributed by atoms with Crippen LogP contribution in [0.2, 0.25) is 0 Å². The number of benzene rings is 1. The molecule has 1 amide bonds. The molecule has 0 aliphatic carbocycles. The van der Waals surface area contributed by atoms with Crippen LogP contribution in [0.1, 0.15) is 47.9 Å². The van der Waals surface area contributed by atoms with Crippen LogP contribution in [0.25, 0.3) is 0 Å². The lowest BCUT2D eigenvalue weighted by Crippen LogP contribution is -2.42. The maximum atomic E-state index is 13.0. The molecule has 4 rings (SSSR count). The number of likely N-dealkylation sites (tertiary alicyclic amines) is 1. The molecule has 1 fully saturated rings. The third kappa shape index (κ3) is 4.34. The number of nitrogens with one attached hydrogen (secondary N) is 1. The lowest BCUT2D eigenvalue weighted by molar-refractivity contribution is -0.137. The maximum absolute atomic E-state index is 13.0. The van der Waals surface area contributed by atoms with Crippen molar-refractivity contribution in [1.82, 2.24) is 20.2 Å². The first-order chi connectivity index (χ1) is 14.2. The molecule has 0 radical (unpaired) electrons. The third-order valence-electron chi connectivity index (χ3n) is 5.62. The molecular formula is C22H28N4O3. The second-order valence-corrected chi connectivity index (χ2v) is 7.67. The van der Waals surface area contributed by atoms with Gasteiger partial charge in [0.2, 0.25) is 0 Å². The zero-order chi connectivity index (χ0) is 20.2. The van der Waals surface area contributed by atoms with Crippen molar-refractivity contribution in [2.24, 2.45) is 0 Å². The zero-order valence-corrected chi connectivity index (χ0v) is 17.1. The Labute approximate surface area is 171 Å². The summed E-state index contributed by atoms with van der Waals surface area (Å²) >= 11 is 0. The topological polar surface area (TPSA) is 76.6 Å². The molecule has 0 spiro atoms. The van der Waals surface area contributed by atoms with Gasteiger partial charge in [0.25, 0.3) is 5.91 Å². The maximum Gasteiger partial charge on any atom is 0.261 e. The number of hydrogen-bond acceptors (Lipinski definition) is 6. The quantitative estimate of drug-likeness (QED) is 0.837. The minimum Gasteiger partial charge on any atom is -0.493 e. The van der Waals surface area contributed by atoms with Gasteiger partial charge in [0.15, 0.2) is 23.9 Å². The molecule has 7 heteroatoms. The van der Waals surface area contributed by atoms with Crippen LogP contribution < -0.4 is 14.8 Å². The van der Waals surface area contributed by atoms with Crippen molar-refractivity contribution in [2.75, 3.05) is 26.8 Å². The highest BCUT2D eigenvalue weighted by Gasteiger charge is 2.31. The van der Waals surface area contributed by atoms with Crippen LogP contribution in [-0.2, 0) is 17.8 Å². The van der Waals surface area contributed by atoms with Gasteiger partial charge in [-0.3, -0.25) is 4.79 Å². The Bertz CT molecular complexity index is 886. The molecule has 1 aromatic heterocycles. The Hall–Kier alpha value is -2.67. The van der Waals surface area contributed by atoms with E-state index >= 15 is 0 Å². The fourth-order valence-electron chi connectivity index (χ4n) is 4.03. The average Bonchev–Trinajstić information content (AvgIpc) is 2.77. The van der Waals surface area contributed by atoms with E-state index in [4.69, 9.17) is 14.5 Å². The highest BCUT2D eigenvalue weighted by Crippen LogP contribution is 2.31. The Balaban J connectivity index is 1.48. The van der Waals surface area contributed by atoms with Crippen LogP contribution in [0.3, 0.4) is 0 Å². The van der Waals surface area contributed by atoms with Gasteiger partial charge in [-0.25, -0.2) is 9.97 Å². The van der Waals surface area contributed by atoms with Gasteiger partial charge in [0.05, 0.1) is 13.2 Å². The molecule has 2 aliphatic rings. The number of nitrogens with zero attached hydrogens (tertiary/aromatic N) is 3. The van der Waals surface area contributed by atoms with Gasteiger partial charge in [0.1, 0.15) is 0 Å². The fraction of sp³-hybridized carbons (Fsp3) is 0.500. The van der Waals surface area contributed by atoms with Gasteiger partial charge in [-0.1, -0.05) is 6.07 Å². The second-order valence-electron chi connectivity index (χ2n) is 7.67. The largest absolute Gasteiger partial charge is 0.493 e. The smallest absolute Gasteiger partial charge is 0.261 e. The summed E-state index contributed by atoms with van der Waals surface area (Å²) in [5.74, 6) is 1.93. The number of aryl methyl sites for hydroxylation is 1. The van der Waals surface area contributed by atoms with Gasteiger partial charge in [0, 0.05) is 43.5 Å². The number of rotatable bonds is 5. The number of piperidine rings is 1. The fourth-order valence-corrected chi connectivity index (χ4v) is 4.03. The summed E-state index contributed by atoms with van der Waals surface area (Å²) in [6.07, 6.45) is 5.77. The van der Waals surface area contributed by atoms with E-state index in [1.165, 1.54) is 0 Å². The number of carbonyl (C=O) groups excluding carboxylic acids is 1. The Morgan fingerprint density at radius 3 is 3.07 bits per heavy atom. The van der Waals surface area contributed by atoms with Crippen LogP contribution in [0.15, 0.2) is 24.4 Å². The number of hydrogen-bond donors (Lipinski definition) is 1. The van der Waals surface area contributed by atoms with Crippen molar-refractivity contribution in [3.8, 4) is 11.5 Å². The van der Waals surface area contributed by atoms with E-state index in [0.29, 0.717) is 18.0 Å². The molecule has 1 saturated heterocycles. The average molecular weight is 396 g/mol. The minimum absolute atomic E-state index is 0.0230. The van der Waals surface area contributed by atoms with E-state index in [9.17, 15) is 4.79 Å². The molecule has 0 bridgehead atoms. The first kappa shape index (κ1) is 19.6. The molecule has 1 atom stereocenters. The zero-order valence-electron chi connectivity index (χ0n) is 17.1. The Morgan fingerprint density at radius 1 is 1.31 bits per heavy atom. The molecule has 29 heavy (non-hydrogen) atoms. The summed E-state index contributed by atoms with van der Waals surface area (Å²) in [5, 5.41) is 3.34. The number of amides is 1. The summed E-state index contributed by atoms with van der Waals surface area (Å²) < 4.78 is 11.2. The molecule has 1 N–H and O–H groups in total. The van der Waals surface area contributed by atoms with E-state index in [-0.39, 0.29) is 18.6 Å². The van der Waals surface area contributed by atoms with E-state index in [1.807, 2.05) is 36.2 Å². The predicted molar refractivity (Wildman–Crippen MR) is 109 cm³/mol. The second kappa shape index (κ2) is 8.78. The Kier molecular flexibility index (Phi) is 5.94. The first-order valence-electron chi connectivity index (χ1n) is 10.3. The number of aromatic nitrogens is 2. The monoisotopic (exact) mass is 396 g/mol. The van der Waals surface area contributed by atoms with Crippen molar-refractivity contribution >= 4 is 5.91 Å². The van der Waals surface area contributed by atoms with Gasteiger partial charge >= 0.3 is 0 Å². The van der Waals surface area contributed by atoms with Crippen molar-refractivity contribution < 1.29 is 14.3 Å². The van der Waals surface area contributed by atoms with Crippen molar-refractivity contribution in [3.63, 3.8) is 0 Å². The van der Waals surface area contributed by atoms with Crippen LogP contribution in [-0.4, -0.2) is 47.6 Å². The molecule has 154 valence electrons. The number of ether oxygens (including phenoxy) is 2. The summed E-state index contributed by atoms with van der Waals surface area (Å²) in [4.78, 5) is 24.3. The molecule has 0 unspecified atom stereocenters. The van der Waals surface area contributed by atoms with E-state index in [1.54, 1.807) is 7.11 Å². The van der Waals surface area contributed by atoms with Gasteiger partial charge < -0.3 is 19.7 Å². The van der Waals surface area contributed by atoms with E-state index < -0.39 is 0 Å². The normalized spacial score (nSPS) is 18.8. The van der Waals surface area contributed by atoms with Crippen LogP contribution in [0.5, 0.6) is 11.5 Å². The van der Waals surface area contributed by atoms with Gasteiger partial charge in [-0.05, 0) is 43.9 Å². The standard InChI is InChI=1S/C22H28N4O3/c1-15-6-7-19(20(11-15)28-2)29-14-21(27)26-10-4-3-5-18(26)22-24-13-16-12-23-9-8-17(16)25-22/h6-7,11,13,18,23H,3-5,8-10,12,14H2,1-2H3/t18-/m0/s1. The predicted octanol–water partition coefficient (Wildman–Crippen LogP) is 2.57. The van der Waals surface area contributed by atoms with Crippen molar-refractivity contribution in [3.05, 3.63) is 47.0 Å². The lowest BCUT2D eigenvalue weighted by Gasteiger charge is -2.35. The molecule has 3 heterocycles. The molecular weight excluding hydrogens is 368 g/mol. The highest BCUT2D eigenvalue weighted by atomic mass is 16.5. The van der Waals surface area contributed by atoms with Crippen molar-refractivity contribution in [1.29, 1.82) is 0 Å². The summed E-state index contributed by atoms with van der Waals surface area (Å²) in [6.45, 7) is 4.42.